The molecule has 110 valence electrons. The van der Waals surface area contributed by atoms with Crippen LogP contribution in [0.5, 0.6) is 5.75 Å². The van der Waals surface area contributed by atoms with E-state index in [4.69, 9.17) is 9.47 Å². The van der Waals surface area contributed by atoms with Crippen molar-refractivity contribution in [3.63, 3.8) is 0 Å². The zero-order valence-corrected chi connectivity index (χ0v) is 12.2. The van der Waals surface area contributed by atoms with Gasteiger partial charge in [-0.05, 0) is 25.0 Å². The molecule has 0 fully saturated rings. The number of benzene rings is 1. The average molecular weight is 280 g/mol. The van der Waals surface area contributed by atoms with Gasteiger partial charge in [-0.3, -0.25) is 0 Å². The fourth-order valence-corrected chi connectivity index (χ4v) is 2.38. The smallest absolute Gasteiger partial charge is 0.188 e. The average Bonchev–Trinajstić information content (AvgIpc) is 2.46. The number of hydrogen-bond acceptors (Lipinski definition) is 4. The quantitative estimate of drug-likeness (QED) is 0.843. The first-order valence-electron chi connectivity index (χ1n) is 6.93. The van der Waals surface area contributed by atoms with Crippen molar-refractivity contribution in [3.8, 4) is 5.75 Å². The molecule has 20 heavy (non-hydrogen) atoms. The number of ether oxygens (including phenoxy) is 2. The van der Waals surface area contributed by atoms with Crippen LogP contribution in [0.15, 0.2) is 17.2 Å². The third-order valence-electron chi connectivity index (χ3n) is 3.52. The predicted octanol–water partition coefficient (Wildman–Crippen LogP) is 2.70. The molecular weight excluding hydrogens is 259 g/mol. The number of rotatable bonds is 5. The topological polar surface area (TPSA) is 42.9 Å². The Morgan fingerprint density at radius 2 is 2.25 bits per heavy atom. The Hall–Kier alpha value is -1.62. The zero-order chi connectivity index (χ0) is 14.5. The van der Waals surface area contributed by atoms with E-state index < -0.39 is 0 Å². The van der Waals surface area contributed by atoms with Gasteiger partial charge in [0.1, 0.15) is 11.6 Å². The molecule has 0 aromatic heterocycles. The number of hydrogen-bond donors (Lipinski definition) is 1. The van der Waals surface area contributed by atoms with Crippen LogP contribution < -0.4 is 10.2 Å². The summed E-state index contributed by atoms with van der Waals surface area (Å²) in [4.78, 5) is 0. The lowest BCUT2D eigenvalue weighted by molar-refractivity contribution is 0.0502. The summed E-state index contributed by atoms with van der Waals surface area (Å²) in [5.41, 5.74) is 4.86. The molecule has 1 aromatic rings. The molecule has 2 rings (SSSR count). The lowest BCUT2D eigenvalue weighted by Gasteiger charge is -2.22. The van der Waals surface area contributed by atoms with Crippen molar-refractivity contribution in [2.45, 2.75) is 26.7 Å². The van der Waals surface area contributed by atoms with E-state index in [1.54, 1.807) is 19.2 Å². The highest BCUT2D eigenvalue weighted by Gasteiger charge is 2.22. The second-order valence-electron chi connectivity index (χ2n) is 4.90. The highest BCUT2D eigenvalue weighted by Crippen LogP contribution is 2.28. The molecule has 0 aliphatic carbocycles. The van der Waals surface area contributed by atoms with E-state index >= 15 is 0 Å². The van der Waals surface area contributed by atoms with Crippen LogP contribution in [0.4, 0.5) is 4.39 Å². The van der Waals surface area contributed by atoms with E-state index in [-0.39, 0.29) is 18.5 Å². The zero-order valence-electron chi connectivity index (χ0n) is 12.2. The molecule has 5 heteroatoms. The maximum absolute atomic E-state index is 14.7. The lowest BCUT2D eigenvalue weighted by atomic mass is 9.92. The van der Waals surface area contributed by atoms with Crippen LogP contribution in [-0.4, -0.2) is 26.2 Å². The van der Waals surface area contributed by atoms with Crippen LogP contribution in [-0.2, 0) is 11.2 Å². The van der Waals surface area contributed by atoms with Crippen molar-refractivity contribution >= 4 is 5.71 Å². The molecule has 1 heterocycles. The van der Waals surface area contributed by atoms with Crippen LogP contribution >= 0.6 is 0 Å². The summed E-state index contributed by atoms with van der Waals surface area (Å²) in [7, 11) is 1.54. The molecule has 0 saturated heterocycles. The van der Waals surface area contributed by atoms with Crippen molar-refractivity contribution in [2.24, 2.45) is 11.0 Å². The van der Waals surface area contributed by atoms with E-state index in [0.29, 0.717) is 23.3 Å². The van der Waals surface area contributed by atoms with Gasteiger partial charge in [0.25, 0.3) is 0 Å². The Morgan fingerprint density at radius 1 is 1.45 bits per heavy atom. The fraction of sp³-hybridized carbons (Fsp3) is 0.533. The Labute approximate surface area is 119 Å². The van der Waals surface area contributed by atoms with Gasteiger partial charge in [0.15, 0.2) is 6.79 Å². The van der Waals surface area contributed by atoms with E-state index in [0.717, 1.165) is 18.7 Å². The van der Waals surface area contributed by atoms with Gasteiger partial charge in [-0.15, -0.1) is 0 Å². The van der Waals surface area contributed by atoms with Gasteiger partial charge in [0, 0.05) is 30.7 Å². The molecular formula is C15H21FN2O2. The van der Waals surface area contributed by atoms with Crippen LogP contribution in [0.1, 0.15) is 31.4 Å². The highest BCUT2D eigenvalue weighted by atomic mass is 19.1. The van der Waals surface area contributed by atoms with Crippen molar-refractivity contribution < 1.29 is 13.9 Å². The molecule has 0 bridgehead atoms. The lowest BCUT2D eigenvalue weighted by Crippen LogP contribution is -2.28. The summed E-state index contributed by atoms with van der Waals surface area (Å²) in [6.07, 6.45) is 1.52. The minimum absolute atomic E-state index is 0.116. The fourth-order valence-electron chi connectivity index (χ4n) is 2.38. The molecule has 0 spiro atoms. The summed E-state index contributed by atoms with van der Waals surface area (Å²) < 4.78 is 25.0. The number of nitrogens with one attached hydrogen (secondary N) is 1. The summed E-state index contributed by atoms with van der Waals surface area (Å²) in [5.74, 6) is 0.546. The molecule has 1 aliphatic rings. The Kier molecular flexibility index (Phi) is 4.95. The molecule has 1 atom stereocenters. The molecule has 0 saturated carbocycles. The van der Waals surface area contributed by atoms with E-state index in [1.807, 2.05) is 6.92 Å². The molecule has 1 aromatic carbocycles. The molecule has 1 aliphatic heterocycles. The van der Waals surface area contributed by atoms with Gasteiger partial charge in [0.05, 0.1) is 5.71 Å². The van der Waals surface area contributed by atoms with Crippen LogP contribution in [0.2, 0.25) is 0 Å². The number of halogens is 1. The Bertz CT molecular complexity index is 503. The number of nitrogens with zero attached hydrogens (tertiary/aromatic N) is 1. The van der Waals surface area contributed by atoms with Gasteiger partial charge in [-0.25, -0.2) is 4.39 Å². The second-order valence-corrected chi connectivity index (χ2v) is 4.90. The first-order valence-corrected chi connectivity index (χ1v) is 6.93. The third kappa shape index (κ3) is 2.93. The van der Waals surface area contributed by atoms with Gasteiger partial charge in [0.2, 0.25) is 0 Å². The van der Waals surface area contributed by atoms with Crippen LogP contribution in [0.3, 0.4) is 0 Å². The molecule has 1 N–H and O–H groups in total. The molecule has 1 unspecified atom stereocenters. The SMILES string of the molecule is CCc1c(OCOC)ccc(C2=NNCCC2C)c1F. The molecule has 4 nitrogen and oxygen atoms in total. The maximum Gasteiger partial charge on any atom is 0.188 e. The van der Waals surface area contributed by atoms with Crippen molar-refractivity contribution in [1.82, 2.24) is 5.43 Å². The normalized spacial score (nSPS) is 18.4. The Balaban J connectivity index is 2.38. The first-order chi connectivity index (χ1) is 9.69. The summed E-state index contributed by atoms with van der Waals surface area (Å²) in [6.45, 7) is 4.93. The van der Waals surface area contributed by atoms with Crippen molar-refractivity contribution in [2.75, 3.05) is 20.4 Å². The number of hydrazone groups is 1. The van der Waals surface area contributed by atoms with Gasteiger partial charge in [-0.2, -0.15) is 5.10 Å². The van der Waals surface area contributed by atoms with Gasteiger partial charge in [-0.1, -0.05) is 13.8 Å². The third-order valence-corrected chi connectivity index (χ3v) is 3.52. The minimum Gasteiger partial charge on any atom is -0.467 e. The standard InChI is InChI=1S/C15H21FN2O2/c1-4-11-13(20-9-19-3)6-5-12(14(11)16)15-10(2)7-8-17-18-15/h5-6,10,17H,4,7-9H2,1-3H3. The monoisotopic (exact) mass is 280 g/mol. The van der Waals surface area contributed by atoms with Crippen LogP contribution in [0.25, 0.3) is 0 Å². The highest BCUT2D eigenvalue weighted by molar-refractivity contribution is 6.02. The molecule has 0 amide bonds. The largest absolute Gasteiger partial charge is 0.467 e. The summed E-state index contributed by atoms with van der Waals surface area (Å²) in [6, 6.07) is 3.53. The second kappa shape index (κ2) is 6.70. The molecule has 0 radical (unpaired) electrons. The predicted molar refractivity (Wildman–Crippen MR) is 76.6 cm³/mol. The van der Waals surface area contributed by atoms with Gasteiger partial charge >= 0.3 is 0 Å². The van der Waals surface area contributed by atoms with Crippen LogP contribution in [0, 0.1) is 11.7 Å². The first kappa shape index (κ1) is 14.8. The van der Waals surface area contributed by atoms with E-state index in [1.165, 1.54) is 0 Å². The van der Waals surface area contributed by atoms with Crippen molar-refractivity contribution in [3.05, 3.63) is 29.1 Å². The maximum atomic E-state index is 14.7. The minimum atomic E-state index is -0.240. The van der Waals surface area contributed by atoms with Gasteiger partial charge < -0.3 is 14.9 Å². The van der Waals surface area contributed by atoms with E-state index in [2.05, 4.69) is 17.5 Å². The Morgan fingerprint density at radius 3 is 2.90 bits per heavy atom. The number of methoxy groups -OCH3 is 1. The van der Waals surface area contributed by atoms with Crippen molar-refractivity contribution in [1.29, 1.82) is 0 Å². The van der Waals surface area contributed by atoms with E-state index in [9.17, 15) is 4.39 Å². The summed E-state index contributed by atoms with van der Waals surface area (Å²) in [5, 5.41) is 4.27. The summed E-state index contributed by atoms with van der Waals surface area (Å²) >= 11 is 0.